The van der Waals surface area contributed by atoms with Gasteiger partial charge >= 0.3 is 17.9 Å². The SMILES string of the molecule is CC/C=C\C/C=C\C/C=C\CCCCCC(=O)OC(COC(=O)CCCCCCCCC)COC(=O)CCCCCCCCCCCCCCCCCCCCCCCCCCCCCCCCCCC. The molecule has 416 valence electrons. The van der Waals surface area contributed by atoms with Gasteiger partial charge in [-0.25, -0.2) is 0 Å². The molecule has 71 heavy (non-hydrogen) atoms. The number of rotatable bonds is 58. The minimum atomic E-state index is -0.781. The van der Waals surface area contributed by atoms with Crippen LogP contribution < -0.4 is 0 Å². The van der Waals surface area contributed by atoms with Gasteiger partial charge in [-0.3, -0.25) is 14.4 Å². The molecule has 1 unspecified atom stereocenters. The van der Waals surface area contributed by atoms with E-state index in [0.717, 1.165) is 83.5 Å². The average molecular weight is 998 g/mol. The minimum absolute atomic E-state index is 0.0803. The predicted octanol–water partition coefficient (Wildman–Crippen LogP) is 21.2. The van der Waals surface area contributed by atoms with Gasteiger partial charge in [0.25, 0.3) is 0 Å². The van der Waals surface area contributed by atoms with Crippen LogP contribution in [0.2, 0.25) is 0 Å². The van der Waals surface area contributed by atoms with Gasteiger partial charge in [-0.05, 0) is 51.4 Å². The van der Waals surface area contributed by atoms with Crippen LogP contribution in [0, 0.1) is 0 Å². The van der Waals surface area contributed by atoms with Crippen molar-refractivity contribution in [3.05, 3.63) is 36.5 Å². The molecular formula is C65H120O6. The molecular weight excluding hydrogens is 877 g/mol. The van der Waals surface area contributed by atoms with E-state index in [9.17, 15) is 14.4 Å². The van der Waals surface area contributed by atoms with Crippen LogP contribution in [0.15, 0.2) is 36.5 Å². The molecule has 0 fully saturated rings. The topological polar surface area (TPSA) is 78.9 Å². The average Bonchev–Trinajstić information content (AvgIpc) is 3.37. The summed E-state index contributed by atoms with van der Waals surface area (Å²) >= 11 is 0. The molecule has 0 aliphatic rings. The lowest BCUT2D eigenvalue weighted by Crippen LogP contribution is -2.30. The maximum atomic E-state index is 12.8. The predicted molar refractivity (Wildman–Crippen MR) is 307 cm³/mol. The monoisotopic (exact) mass is 997 g/mol. The van der Waals surface area contributed by atoms with Gasteiger partial charge in [0.15, 0.2) is 6.10 Å². The lowest BCUT2D eigenvalue weighted by molar-refractivity contribution is -0.167. The summed E-state index contributed by atoms with van der Waals surface area (Å²) < 4.78 is 16.8. The van der Waals surface area contributed by atoms with Crippen molar-refractivity contribution in [3.63, 3.8) is 0 Å². The van der Waals surface area contributed by atoms with E-state index in [2.05, 4.69) is 57.2 Å². The van der Waals surface area contributed by atoms with Crippen LogP contribution in [0.25, 0.3) is 0 Å². The highest BCUT2D eigenvalue weighted by molar-refractivity contribution is 5.71. The third-order valence-electron chi connectivity index (χ3n) is 14.2. The second-order valence-corrected chi connectivity index (χ2v) is 21.3. The van der Waals surface area contributed by atoms with E-state index in [-0.39, 0.29) is 31.1 Å². The summed E-state index contributed by atoms with van der Waals surface area (Å²) in [7, 11) is 0. The Balaban J connectivity index is 3.91. The van der Waals surface area contributed by atoms with E-state index >= 15 is 0 Å². The van der Waals surface area contributed by atoms with Gasteiger partial charge in [0.1, 0.15) is 13.2 Å². The highest BCUT2D eigenvalue weighted by Gasteiger charge is 2.19. The molecule has 0 N–H and O–H groups in total. The van der Waals surface area contributed by atoms with Gasteiger partial charge in [-0.1, -0.05) is 308 Å². The van der Waals surface area contributed by atoms with Crippen LogP contribution in [0.5, 0.6) is 0 Å². The Morgan fingerprint density at radius 1 is 0.296 bits per heavy atom. The molecule has 0 aromatic carbocycles. The number of esters is 3. The molecule has 0 aliphatic carbocycles. The fourth-order valence-corrected chi connectivity index (χ4v) is 9.46. The number of carbonyl (C=O) groups excluding carboxylic acids is 3. The van der Waals surface area contributed by atoms with Crippen molar-refractivity contribution in [1.82, 2.24) is 0 Å². The zero-order valence-corrected chi connectivity index (χ0v) is 47.8. The highest BCUT2D eigenvalue weighted by atomic mass is 16.6. The first kappa shape index (κ1) is 68.6. The third kappa shape index (κ3) is 58.4. The van der Waals surface area contributed by atoms with Gasteiger partial charge in [0, 0.05) is 19.3 Å². The second kappa shape index (κ2) is 60.2. The second-order valence-electron chi connectivity index (χ2n) is 21.3. The van der Waals surface area contributed by atoms with E-state index in [4.69, 9.17) is 14.2 Å². The molecule has 0 aliphatic heterocycles. The Hall–Kier alpha value is -2.37. The van der Waals surface area contributed by atoms with E-state index in [1.165, 1.54) is 218 Å². The van der Waals surface area contributed by atoms with Crippen LogP contribution in [-0.4, -0.2) is 37.2 Å². The molecule has 6 heteroatoms. The van der Waals surface area contributed by atoms with E-state index < -0.39 is 6.10 Å². The summed E-state index contributed by atoms with van der Waals surface area (Å²) in [6, 6.07) is 0. The molecule has 0 rings (SSSR count). The lowest BCUT2D eigenvalue weighted by Gasteiger charge is -2.18. The summed E-state index contributed by atoms with van der Waals surface area (Å²) in [5, 5.41) is 0. The molecule has 0 amide bonds. The number of allylic oxidation sites excluding steroid dienone is 6. The fraction of sp³-hybridized carbons (Fsp3) is 0.862. The van der Waals surface area contributed by atoms with Gasteiger partial charge < -0.3 is 14.2 Å². The molecule has 1 atom stereocenters. The molecule has 0 saturated heterocycles. The van der Waals surface area contributed by atoms with Crippen molar-refractivity contribution < 1.29 is 28.6 Å². The quantitative estimate of drug-likeness (QED) is 0.0261. The smallest absolute Gasteiger partial charge is 0.306 e. The van der Waals surface area contributed by atoms with Crippen molar-refractivity contribution in [2.45, 2.75) is 348 Å². The summed E-state index contributed by atoms with van der Waals surface area (Å²) in [4.78, 5) is 37.9. The number of hydrogen-bond acceptors (Lipinski definition) is 6. The zero-order chi connectivity index (χ0) is 51.4. The Morgan fingerprint density at radius 3 is 0.859 bits per heavy atom. The summed E-state index contributed by atoms with van der Waals surface area (Å²) in [5.74, 6) is -0.902. The first-order valence-corrected chi connectivity index (χ1v) is 31.5. The van der Waals surface area contributed by atoms with Crippen molar-refractivity contribution >= 4 is 17.9 Å². The summed E-state index contributed by atoms with van der Waals surface area (Å²) in [6.45, 7) is 6.50. The number of ether oxygens (including phenoxy) is 3. The Bertz CT molecular complexity index is 1190. The van der Waals surface area contributed by atoms with Crippen LogP contribution in [0.1, 0.15) is 342 Å². The minimum Gasteiger partial charge on any atom is -0.462 e. The standard InChI is InChI=1S/C65H120O6/c1-4-7-10-13-16-18-20-22-23-24-25-26-27-28-29-30-31-32-33-34-35-36-37-38-39-40-41-43-44-46-49-52-55-58-64(67)70-61-62(60-69-63(66)57-54-51-48-15-12-9-6-3)71-65(68)59-56-53-50-47-45-42-21-19-17-14-11-8-5-2/h8,11,17,19,42,45,62H,4-7,9-10,12-16,18,20-41,43-44,46-61H2,1-3H3/b11-8-,19-17-,45-42-. The van der Waals surface area contributed by atoms with Crippen LogP contribution >= 0.6 is 0 Å². The Kier molecular flexibility index (Phi) is 58.2. The van der Waals surface area contributed by atoms with Gasteiger partial charge in [0.2, 0.25) is 0 Å². The summed E-state index contributed by atoms with van der Waals surface area (Å²) in [6.07, 6.45) is 73.6. The normalized spacial score (nSPS) is 12.2. The first-order valence-electron chi connectivity index (χ1n) is 31.5. The van der Waals surface area contributed by atoms with Crippen LogP contribution in [0.3, 0.4) is 0 Å². The summed E-state index contributed by atoms with van der Waals surface area (Å²) in [5.41, 5.74) is 0. The molecule has 6 nitrogen and oxygen atoms in total. The Labute approximate surface area is 442 Å². The van der Waals surface area contributed by atoms with Crippen molar-refractivity contribution in [2.24, 2.45) is 0 Å². The van der Waals surface area contributed by atoms with Crippen molar-refractivity contribution in [2.75, 3.05) is 13.2 Å². The number of unbranched alkanes of at least 4 members (excludes halogenated alkanes) is 41. The van der Waals surface area contributed by atoms with E-state index in [0.29, 0.717) is 19.3 Å². The molecule has 0 aromatic rings. The fourth-order valence-electron chi connectivity index (χ4n) is 9.46. The van der Waals surface area contributed by atoms with E-state index in [1.807, 2.05) is 0 Å². The lowest BCUT2D eigenvalue weighted by atomic mass is 10.0. The molecule has 0 bridgehead atoms. The van der Waals surface area contributed by atoms with Crippen molar-refractivity contribution in [3.8, 4) is 0 Å². The van der Waals surface area contributed by atoms with Crippen molar-refractivity contribution in [1.29, 1.82) is 0 Å². The maximum absolute atomic E-state index is 12.8. The first-order chi connectivity index (χ1) is 35.0. The molecule has 0 heterocycles. The van der Waals surface area contributed by atoms with Crippen LogP contribution in [0.4, 0.5) is 0 Å². The highest BCUT2D eigenvalue weighted by Crippen LogP contribution is 2.18. The Morgan fingerprint density at radius 2 is 0.549 bits per heavy atom. The van der Waals surface area contributed by atoms with E-state index in [1.54, 1.807) is 0 Å². The van der Waals surface area contributed by atoms with Gasteiger partial charge in [-0.2, -0.15) is 0 Å². The molecule has 0 radical (unpaired) electrons. The van der Waals surface area contributed by atoms with Gasteiger partial charge in [0.05, 0.1) is 0 Å². The number of carbonyl (C=O) groups is 3. The number of hydrogen-bond donors (Lipinski definition) is 0. The molecule has 0 aromatic heterocycles. The molecule has 0 saturated carbocycles. The van der Waals surface area contributed by atoms with Gasteiger partial charge in [-0.15, -0.1) is 0 Å². The molecule has 0 spiro atoms. The van der Waals surface area contributed by atoms with Crippen LogP contribution in [-0.2, 0) is 28.6 Å². The largest absolute Gasteiger partial charge is 0.462 e. The maximum Gasteiger partial charge on any atom is 0.306 e. The zero-order valence-electron chi connectivity index (χ0n) is 47.8. The third-order valence-corrected chi connectivity index (χ3v) is 14.2.